The van der Waals surface area contributed by atoms with E-state index in [1.165, 1.54) is 6.07 Å². The molecular formula is C16H24O3. The molecule has 0 aliphatic carbocycles. The Labute approximate surface area is 115 Å². The van der Waals surface area contributed by atoms with Gasteiger partial charge in [-0.2, -0.15) is 0 Å². The van der Waals surface area contributed by atoms with E-state index in [0.717, 1.165) is 12.0 Å². The van der Waals surface area contributed by atoms with Crippen LogP contribution in [0.15, 0.2) is 18.2 Å². The van der Waals surface area contributed by atoms with Gasteiger partial charge in [0.05, 0.1) is 5.56 Å². The lowest BCUT2D eigenvalue weighted by Gasteiger charge is -2.33. The fourth-order valence-electron chi connectivity index (χ4n) is 2.93. The second-order valence-electron chi connectivity index (χ2n) is 7.23. The third-order valence-electron chi connectivity index (χ3n) is 3.00. The second-order valence-corrected chi connectivity index (χ2v) is 7.23. The Bertz CT molecular complexity index is 467. The van der Waals surface area contributed by atoms with Crippen molar-refractivity contribution in [3.63, 3.8) is 0 Å². The van der Waals surface area contributed by atoms with Gasteiger partial charge in [-0.05, 0) is 41.4 Å². The van der Waals surface area contributed by atoms with Gasteiger partial charge in [0.15, 0.2) is 0 Å². The van der Waals surface area contributed by atoms with E-state index < -0.39 is 5.97 Å². The van der Waals surface area contributed by atoms with Crippen LogP contribution in [0.4, 0.5) is 0 Å². The number of aromatic carboxylic acids is 1. The lowest BCUT2D eigenvalue weighted by Crippen LogP contribution is -2.24. The highest BCUT2D eigenvalue weighted by molar-refractivity contribution is 5.89. The van der Waals surface area contributed by atoms with Crippen molar-refractivity contribution in [2.24, 2.45) is 10.8 Å². The van der Waals surface area contributed by atoms with E-state index in [0.29, 0.717) is 6.42 Å². The molecule has 0 spiro atoms. The highest BCUT2D eigenvalue weighted by Crippen LogP contribution is 2.36. The molecule has 106 valence electrons. The zero-order valence-corrected chi connectivity index (χ0v) is 12.4. The summed E-state index contributed by atoms with van der Waals surface area (Å²) in [6, 6.07) is 4.59. The maximum atomic E-state index is 11.2. The Morgan fingerprint density at radius 1 is 1.16 bits per heavy atom. The summed E-state index contributed by atoms with van der Waals surface area (Å²) in [6.07, 6.45) is 1.69. The van der Waals surface area contributed by atoms with E-state index in [9.17, 15) is 15.0 Å². The Balaban J connectivity index is 3.02. The summed E-state index contributed by atoms with van der Waals surface area (Å²) in [7, 11) is 0. The standard InChI is InChI=1S/C16H24O3/c1-15(2,3)10-16(4,5)9-11-6-7-12(17)8-13(11)14(18)19/h6-8,17H,9-10H2,1-5H3,(H,18,19). The minimum atomic E-state index is -0.988. The van der Waals surface area contributed by atoms with Gasteiger partial charge in [0.1, 0.15) is 5.75 Å². The van der Waals surface area contributed by atoms with Gasteiger partial charge < -0.3 is 10.2 Å². The molecule has 0 heterocycles. The molecule has 1 rings (SSSR count). The molecule has 3 nitrogen and oxygen atoms in total. The van der Waals surface area contributed by atoms with Crippen LogP contribution in [0.25, 0.3) is 0 Å². The van der Waals surface area contributed by atoms with Crippen molar-refractivity contribution in [3.05, 3.63) is 29.3 Å². The molecule has 0 radical (unpaired) electrons. The molecule has 0 atom stereocenters. The smallest absolute Gasteiger partial charge is 0.336 e. The van der Waals surface area contributed by atoms with Crippen LogP contribution in [0.3, 0.4) is 0 Å². The molecule has 0 amide bonds. The molecule has 0 saturated heterocycles. The van der Waals surface area contributed by atoms with Crippen molar-refractivity contribution in [3.8, 4) is 5.75 Å². The zero-order valence-electron chi connectivity index (χ0n) is 12.4. The number of aromatic hydroxyl groups is 1. The van der Waals surface area contributed by atoms with Crippen molar-refractivity contribution in [2.75, 3.05) is 0 Å². The minimum Gasteiger partial charge on any atom is -0.508 e. The zero-order chi connectivity index (χ0) is 14.8. The molecule has 2 N–H and O–H groups in total. The summed E-state index contributed by atoms with van der Waals surface area (Å²) in [5, 5.41) is 18.6. The third-order valence-corrected chi connectivity index (χ3v) is 3.00. The van der Waals surface area contributed by atoms with E-state index in [1.54, 1.807) is 12.1 Å². The summed E-state index contributed by atoms with van der Waals surface area (Å²) < 4.78 is 0. The van der Waals surface area contributed by atoms with E-state index in [4.69, 9.17) is 0 Å². The molecule has 19 heavy (non-hydrogen) atoms. The van der Waals surface area contributed by atoms with E-state index >= 15 is 0 Å². The summed E-state index contributed by atoms with van der Waals surface area (Å²) in [6.45, 7) is 10.9. The van der Waals surface area contributed by atoms with Gasteiger partial charge in [0.2, 0.25) is 0 Å². The quantitative estimate of drug-likeness (QED) is 0.861. The maximum absolute atomic E-state index is 11.2. The first-order valence-electron chi connectivity index (χ1n) is 6.55. The number of phenols is 1. The first-order valence-corrected chi connectivity index (χ1v) is 6.55. The molecule has 0 fully saturated rings. The Kier molecular flexibility index (Phi) is 4.28. The molecule has 0 aliphatic heterocycles. The fourth-order valence-corrected chi connectivity index (χ4v) is 2.93. The summed E-state index contributed by atoms with van der Waals surface area (Å²) in [5.41, 5.74) is 1.19. The Morgan fingerprint density at radius 3 is 2.21 bits per heavy atom. The van der Waals surface area contributed by atoms with Gasteiger partial charge in [-0.15, -0.1) is 0 Å². The van der Waals surface area contributed by atoms with Crippen LogP contribution in [-0.2, 0) is 6.42 Å². The average molecular weight is 264 g/mol. The normalized spacial score (nSPS) is 12.5. The van der Waals surface area contributed by atoms with Gasteiger partial charge in [-0.3, -0.25) is 0 Å². The predicted octanol–water partition coefficient (Wildman–Crippen LogP) is 4.10. The number of phenolic OH excluding ortho intramolecular Hbond substituents is 1. The molecule has 0 aliphatic rings. The van der Waals surface area contributed by atoms with Crippen molar-refractivity contribution in [1.82, 2.24) is 0 Å². The maximum Gasteiger partial charge on any atom is 0.336 e. The first kappa shape index (κ1) is 15.5. The van der Waals surface area contributed by atoms with Gasteiger partial charge in [0.25, 0.3) is 0 Å². The number of benzene rings is 1. The van der Waals surface area contributed by atoms with Crippen molar-refractivity contribution in [2.45, 2.75) is 47.5 Å². The van der Waals surface area contributed by atoms with E-state index in [-0.39, 0.29) is 22.1 Å². The van der Waals surface area contributed by atoms with Gasteiger partial charge in [-0.1, -0.05) is 40.7 Å². The number of hydrogen-bond donors (Lipinski definition) is 2. The van der Waals surface area contributed by atoms with Crippen LogP contribution in [0, 0.1) is 10.8 Å². The van der Waals surface area contributed by atoms with Crippen LogP contribution in [-0.4, -0.2) is 16.2 Å². The summed E-state index contributed by atoms with van der Waals surface area (Å²) >= 11 is 0. The van der Waals surface area contributed by atoms with E-state index in [2.05, 4.69) is 34.6 Å². The third kappa shape index (κ3) is 4.93. The molecular weight excluding hydrogens is 240 g/mol. The van der Waals surface area contributed by atoms with Crippen LogP contribution in [0.5, 0.6) is 5.75 Å². The fraction of sp³-hybridized carbons (Fsp3) is 0.562. The van der Waals surface area contributed by atoms with E-state index in [1.807, 2.05) is 0 Å². The van der Waals surface area contributed by atoms with Crippen LogP contribution >= 0.6 is 0 Å². The number of carbonyl (C=O) groups is 1. The Morgan fingerprint density at radius 2 is 1.74 bits per heavy atom. The monoisotopic (exact) mass is 264 g/mol. The van der Waals surface area contributed by atoms with Crippen LogP contribution in [0.1, 0.15) is 57.0 Å². The number of carboxylic acids is 1. The highest BCUT2D eigenvalue weighted by atomic mass is 16.4. The van der Waals surface area contributed by atoms with Gasteiger partial charge in [0, 0.05) is 0 Å². The first-order chi connectivity index (χ1) is 8.50. The molecule has 3 heteroatoms. The lowest BCUT2D eigenvalue weighted by atomic mass is 9.72. The number of carboxylic acid groups (broad SMARTS) is 1. The highest BCUT2D eigenvalue weighted by Gasteiger charge is 2.27. The van der Waals surface area contributed by atoms with Crippen molar-refractivity contribution >= 4 is 5.97 Å². The molecule has 0 unspecified atom stereocenters. The number of rotatable bonds is 4. The molecule has 0 bridgehead atoms. The molecule has 0 aromatic heterocycles. The molecule has 0 saturated carbocycles. The van der Waals surface area contributed by atoms with Crippen LogP contribution in [0.2, 0.25) is 0 Å². The van der Waals surface area contributed by atoms with Crippen molar-refractivity contribution in [1.29, 1.82) is 0 Å². The topological polar surface area (TPSA) is 57.5 Å². The lowest BCUT2D eigenvalue weighted by molar-refractivity contribution is 0.0694. The average Bonchev–Trinajstić information content (AvgIpc) is 2.16. The largest absolute Gasteiger partial charge is 0.508 e. The molecule has 1 aromatic carbocycles. The SMILES string of the molecule is CC(C)(C)CC(C)(C)Cc1ccc(O)cc1C(=O)O. The Hall–Kier alpha value is -1.51. The summed E-state index contributed by atoms with van der Waals surface area (Å²) in [4.78, 5) is 11.2. The molecule has 1 aromatic rings. The second kappa shape index (κ2) is 5.24. The minimum absolute atomic E-state index is 0.00484. The number of hydrogen-bond acceptors (Lipinski definition) is 2. The van der Waals surface area contributed by atoms with Gasteiger partial charge >= 0.3 is 5.97 Å². The summed E-state index contributed by atoms with van der Waals surface area (Å²) in [5.74, 6) is -0.993. The van der Waals surface area contributed by atoms with Gasteiger partial charge in [-0.25, -0.2) is 4.79 Å². The predicted molar refractivity (Wildman–Crippen MR) is 76.6 cm³/mol. The van der Waals surface area contributed by atoms with Crippen LogP contribution < -0.4 is 0 Å². The van der Waals surface area contributed by atoms with Crippen molar-refractivity contribution < 1.29 is 15.0 Å².